The van der Waals surface area contributed by atoms with Crippen LogP contribution >= 0.6 is 0 Å². The number of furan rings is 1. The summed E-state index contributed by atoms with van der Waals surface area (Å²) < 4.78 is 51.0. The van der Waals surface area contributed by atoms with E-state index in [1.807, 2.05) is 0 Å². The molecule has 2 aromatic heterocycles. The van der Waals surface area contributed by atoms with Crippen LogP contribution in [0.15, 0.2) is 27.3 Å². The predicted molar refractivity (Wildman–Crippen MR) is 94.8 cm³/mol. The molecular formula is C18H23F3N4O4. The molecule has 2 aromatic rings. The van der Waals surface area contributed by atoms with Crippen molar-refractivity contribution in [1.29, 1.82) is 0 Å². The number of hydrogen-bond donors (Lipinski definition) is 0. The Kier molecular flexibility index (Phi) is 7.26. The van der Waals surface area contributed by atoms with Crippen molar-refractivity contribution in [2.24, 2.45) is 0 Å². The number of nitrogens with zero attached hydrogens (tertiary/aromatic N) is 4. The van der Waals surface area contributed by atoms with Crippen LogP contribution in [0.3, 0.4) is 0 Å². The summed E-state index contributed by atoms with van der Waals surface area (Å²) in [7, 11) is 0. The van der Waals surface area contributed by atoms with E-state index in [-0.39, 0.29) is 18.9 Å². The summed E-state index contributed by atoms with van der Waals surface area (Å²) in [5.74, 6) is 1.25. The fourth-order valence-corrected chi connectivity index (χ4v) is 3.03. The summed E-state index contributed by atoms with van der Waals surface area (Å²) in [6.45, 7) is 2.06. The van der Waals surface area contributed by atoms with Crippen LogP contribution in [0.5, 0.6) is 0 Å². The summed E-state index contributed by atoms with van der Waals surface area (Å²) >= 11 is 0. The molecule has 3 heterocycles. The van der Waals surface area contributed by atoms with Crippen molar-refractivity contribution in [2.75, 3.05) is 45.9 Å². The lowest BCUT2D eigenvalue weighted by molar-refractivity contribution is -0.174. The van der Waals surface area contributed by atoms with Crippen LogP contribution in [0.2, 0.25) is 0 Å². The molecule has 0 spiro atoms. The van der Waals surface area contributed by atoms with Gasteiger partial charge in [-0.1, -0.05) is 5.16 Å². The van der Waals surface area contributed by atoms with Crippen molar-refractivity contribution < 1.29 is 31.6 Å². The van der Waals surface area contributed by atoms with Gasteiger partial charge < -0.3 is 18.6 Å². The summed E-state index contributed by atoms with van der Waals surface area (Å²) in [4.78, 5) is 20.5. The summed E-state index contributed by atoms with van der Waals surface area (Å²) in [6, 6.07) is 3.45. The number of piperazine rings is 1. The highest BCUT2D eigenvalue weighted by molar-refractivity contribution is 5.76. The average molecular weight is 416 g/mol. The Labute approximate surface area is 165 Å². The second-order valence-electron chi connectivity index (χ2n) is 6.73. The lowest BCUT2D eigenvalue weighted by Gasteiger charge is -2.34. The molecule has 1 saturated heterocycles. The second-order valence-corrected chi connectivity index (χ2v) is 6.73. The van der Waals surface area contributed by atoms with E-state index in [1.54, 1.807) is 17.0 Å². The van der Waals surface area contributed by atoms with Gasteiger partial charge in [0.2, 0.25) is 17.6 Å². The summed E-state index contributed by atoms with van der Waals surface area (Å²) in [5, 5.41) is 3.83. The molecule has 0 N–H and O–H groups in total. The molecule has 0 bridgehead atoms. The molecule has 0 saturated carbocycles. The first-order valence-corrected chi connectivity index (χ1v) is 9.42. The molecule has 160 valence electrons. The molecule has 8 nitrogen and oxygen atoms in total. The van der Waals surface area contributed by atoms with Crippen molar-refractivity contribution >= 4 is 5.91 Å². The standard InChI is InChI=1S/C18H23F3N4O4/c19-18(20,21)13-27-11-2-6-24-7-9-25(10-8-24)16(26)5-4-15-22-17(23-29-15)14-3-1-12-28-14/h1,3,12H,2,4-11,13H2. The SMILES string of the molecule is O=C(CCc1nc(-c2ccco2)no1)N1CCN(CCCOCC(F)(F)F)CC1. The molecular weight excluding hydrogens is 393 g/mol. The maximum absolute atomic E-state index is 12.4. The Bertz CT molecular complexity index is 755. The lowest BCUT2D eigenvalue weighted by atomic mass is 10.2. The van der Waals surface area contributed by atoms with Gasteiger partial charge in [-0.2, -0.15) is 18.2 Å². The van der Waals surface area contributed by atoms with Crippen LogP contribution in [0.1, 0.15) is 18.7 Å². The van der Waals surface area contributed by atoms with E-state index >= 15 is 0 Å². The van der Waals surface area contributed by atoms with Gasteiger partial charge in [-0.15, -0.1) is 0 Å². The van der Waals surface area contributed by atoms with Crippen LogP contribution in [-0.4, -0.2) is 78.0 Å². The Morgan fingerprint density at radius 2 is 2.03 bits per heavy atom. The molecule has 0 aromatic carbocycles. The van der Waals surface area contributed by atoms with Crippen molar-refractivity contribution in [3.05, 3.63) is 24.3 Å². The quantitative estimate of drug-likeness (QED) is 0.580. The molecule has 1 aliphatic heterocycles. The van der Waals surface area contributed by atoms with Gasteiger partial charge in [0.25, 0.3) is 0 Å². The number of aromatic nitrogens is 2. The van der Waals surface area contributed by atoms with Crippen molar-refractivity contribution in [3.8, 4) is 11.6 Å². The topological polar surface area (TPSA) is 84.8 Å². The molecule has 0 radical (unpaired) electrons. The fraction of sp³-hybridized carbons (Fsp3) is 0.611. The number of halogens is 3. The third-order valence-electron chi connectivity index (χ3n) is 4.52. The third-order valence-corrected chi connectivity index (χ3v) is 4.52. The Morgan fingerprint density at radius 1 is 1.24 bits per heavy atom. The van der Waals surface area contributed by atoms with E-state index < -0.39 is 12.8 Å². The van der Waals surface area contributed by atoms with E-state index in [4.69, 9.17) is 8.94 Å². The van der Waals surface area contributed by atoms with Crippen LogP contribution in [0.4, 0.5) is 13.2 Å². The van der Waals surface area contributed by atoms with Gasteiger partial charge in [-0.25, -0.2) is 0 Å². The normalized spacial score (nSPS) is 15.8. The Morgan fingerprint density at radius 3 is 2.72 bits per heavy atom. The van der Waals surface area contributed by atoms with E-state index in [9.17, 15) is 18.0 Å². The van der Waals surface area contributed by atoms with Gasteiger partial charge >= 0.3 is 6.18 Å². The van der Waals surface area contributed by atoms with Gasteiger partial charge in [-0.3, -0.25) is 9.69 Å². The summed E-state index contributed by atoms with van der Waals surface area (Å²) in [5.41, 5.74) is 0. The highest BCUT2D eigenvalue weighted by Gasteiger charge is 2.27. The zero-order valence-electron chi connectivity index (χ0n) is 15.9. The van der Waals surface area contributed by atoms with E-state index in [0.717, 1.165) is 0 Å². The first-order valence-electron chi connectivity index (χ1n) is 9.42. The lowest BCUT2D eigenvalue weighted by Crippen LogP contribution is -2.49. The first-order chi connectivity index (χ1) is 13.9. The third kappa shape index (κ3) is 6.86. The zero-order chi connectivity index (χ0) is 20.7. The minimum Gasteiger partial charge on any atom is -0.461 e. The molecule has 29 heavy (non-hydrogen) atoms. The highest BCUT2D eigenvalue weighted by atomic mass is 19.4. The number of amides is 1. The van der Waals surface area contributed by atoms with E-state index in [1.165, 1.54) is 6.26 Å². The van der Waals surface area contributed by atoms with Gasteiger partial charge in [0.15, 0.2) is 5.76 Å². The minimum atomic E-state index is -4.28. The van der Waals surface area contributed by atoms with Crippen LogP contribution in [0, 0.1) is 0 Å². The first kappa shape index (κ1) is 21.3. The minimum absolute atomic E-state index is 0.0101. The molecule has 0 unspecified atom stereocenters. The second kappa shape index (κ2) is 9.88. The number of carbonyl (C=O) groups excluding carboxylic acids is 1. The number of carbonyl (C=O) groups is 1. The van der Waals surface area contributed by atoms with E-state index in [2.05, 4.69) is 19.8 Å². The Balaban J connectivity index is 1.31. The van der Waals surface area contributed by atoms with Gasteiger partial charge in [0.1, 0.15) is 6.61 Å². The number of rotatable bonds is 9. The van der Waals surface area contributed by atoms with Crippen molar-refractivity contribution in [1.82, 2.24) is 19.9 Å². The maximum Gasteiger partial charge on any atom is 0.411 e. The van der Waals surface area contributed by atoms with Gasteiger partial charge in [-0.05, 0) is 18.6 Å². The molecule has 0 atom stereocenters. The summed E-state index contributed by atoms with van der Waals surface area (Å²) in [6.07, 6.45) is -1.62. The van der Waals surface area contributed by atoms with Gasteiger partial charge in [0.05, 0.1) is 6.26 Å². The Hall–Kier alpha value is -2.40. The van der Waals surface area contributed by atoms with E-state index in [0.29, 0.717) is 63.0 Å². The number of alkyl halides is 3. The monoisotopic (exact) mass is 416 g/mol. The van der Waals surface area contributed by atoms with Crippen molar-refractivity contribution in [3.63, 3.8) is 0 Å². The van der Waals surface area contributed by atoms with Crippen molar-refractivity contribution in [2.45, 2.75) is 25.4 Å². The average Bonchev–Trinajstić information content (AvgIpc) is 3.37. The van der Waals surface area contributed by atoms with Gasteiger partial charge in [0, 0.05) is 52.2 Å². The largest absolute Gasteiger partial charge is 0.461 e. The number of hydrogen-bond acceptors (Lipinski definition) is 7. The van der Waals surface area contributed by atoms with Crippen LogP contribution in [-0.2, 0) is 16.0 Å². The molecule has 3 rings (SSSR count). The smallest absolute Gasteiger partial charge is 0.411 e. The number of ether oxygens (including phenoxy) is 1. The highest BCUT2D eigenvalue weighted by Crippen LogP contribution is 2.17. The zero-order valence-corrected chi connectivity index (χ0v) is 15.9. The molecule has 11 heteroatoms. The molecule has 0 aliphatic carbocycles. The van der Waals surface area contributed by atoms with Crippen LogP contribution < -0.4 is 0 Å². The molecule has 1 amide bonds. The maximum atomic E-state index is 12.4. The molecule has 1 fully saturated rings. The molecule has 1 aliphatic rings. The predicted octanol–water partition coefficient (Wildman–Crippen LogP) is 2.38. The van der Waals surface area contributed by atoms with Crippen LogP contribution in [0.25, 0.3) is 11.6 Å². The fourth-order valence-electron chi connectivity index (χ4n) is 3.03. The number of aryl methyl sites for hydroxylation is 1.